The smallest absolute Gasteiger partial charge is 0.173 e. The molecule has 0 nitrogen and oxygen atoms in total. The minimum absolute atomic E-state index is 0.310. The van der Waals surface area contributed by atoms with Crippen LogP contribution in [-0.2, 0) is 0 Å². The number of allylic oxidation sites excluding steroid dienone is 1. The van der Waals surface area contributed by atoms with Crippen LogP contribution < -0.4 is 0 Å². The second kappa shape index (κ2) is 8.27. The SMILES string of the molecule is CCCCC[C@H]1CC[C@H](c2ccc(C3CC(=C(F)F)C3)cc2)CC1. The molecule has 0 unspecified atom stereocenters. The molecule has 2 fully saturated rings. The van der Waals surface area contributed by atoms with Crippen molar-refractivity contribution < 1.29 is 8.78 Å². The van der Waals surface area contributed by atoms with Gasteiger partial charge in [-0.15, -0.1) is 0 Å². The topological polar surface area (TPSA) is 0 Å². The quantitative estimate of drug-likeness (QED) is 0.471. The monoisotopic (exact) mass is 332 g/mol. The Morgan fingerprint density at radius 1 is 0.875 bits per heavy atom. The van der Waals surface area contributed by atoms with Gasteiger partial charge in [0.1, 0.15) is 0 Å². The van der Waals surface area contributed by atoms with Crippen LogP contribution in [0, 0.1) is 5.92 Å². The van der Waals surface area contributed by atoms with Crippen molar-refractivity contribution in [3.8, 4) is 0 Å². The molecular formula is C22H30F2. The third-order valence-corrected chi connectivity index (χ3v) is 6.19. The average molecular weight is 332 g/mol. The molecule has 1 aromatic carbocycles. The van der Waals surface area contributed by atoms with Crippen LogP contribution >= 0.6 is 0 Å². The molecule has 132 valence electrons. The largest absolute Gasteiger partial charge is 0.269 e. The van der Waals surface area contributed by atoms with Crippen LogP contribution in [0.1, 0.15) is 94.1 Å². The maximum atomic E-state index is 12.5. The zero-order valence-corrected chi connectivity index (χ0v) is 14.9. The molecule has 1 aromatic rings. The van der Waals surface area contributed by atoms with Crippen LogP contribution in [0.25, 0.3) is 0 Å². The zero-order chi connectivity index (χ0) is 16.9. The first-order chi connectivity index (χ1) is 11.7. The molecule has 0 heterocycles. The molecule has 2 aliphatic rings. The molecule has 0 N–H and O–H groups in total. The van der Waals surface area contributed by atoms with E-state index in [0.29, 0.717) is 30.3 Å². The highest BCUT2D eigenvalue weighted by Crippen LogP contribution is 2.44. The molecule has 0 aromatic heterocycles. The third-order valence-electron chi connectivity index (χ3n) is 6.19. The summed E-state index contributed by atoms with van der Waals surface area (Å²) in [6.07, 6.45) is 10.5. The average Bonchev–Trinajstić information content (AvgIpc) is 2.55. The van der Waals surface area contributed by atoms with E-state index >= 15 is 0 Å². The molecule has 0 radical (unpaired) electrons. The van der Waals surface area contributed by atoms with Crippen molar-refractivity contribution in [3.05, 3.63) is 47.0 Å². The second-order valence-electron chi connectivity index (χ2n) is 7.85. The van der Waals surface area contributed by atoms with E-state index in [9.17, 15) is 8.78 Å². The van der Waals surface area contributed by atoms with Crippen LogP contribution in [0.4, 0.5) is 8.78 Å². The van der Waals surface area contributed by atoms with Gasteiger partial charge in [0.15, 0.2) is 0 Å². The number of benzene rings is 1. The van der Waals surface area contributed by atoms with E-state index in [-0.39, 0.29) is 0 Å². The summed E-state index contributed by atoms with van der Waals surface area (Å²) in [5, 5.41) is 0. The highest BCUT2D eigenvalue weighted by Gasteiger charge is 2.28. The lowest BCUT2D eigenvalue weighted by atomic mass is 9.74. The van der Waals surface area contributed by atoms with Crippen LogP contribution in [0.15, 0.2) is 35.9 Å². The number of hydrogen-bond donors (Lipinski definition) is 0. The summed E-state index contributed by atoms with van der Waals surface area (Å²) in [5.74, 6) is 1.97. The van der Waals surface area contributed by atoms with Crippen LogP contribution in [0.3, 0.4) is 0 Å². The molecule has 0 saturated heterocycles. The van der Waals surface area contributed by atoms with Gasteiger partial charge in [-0.25, -0.2) is 0 Å². The number of hydrogen-bond acceptors (Lipinski definition) is 0. The van der Waals surface area contributed by atoms with Crippen molar-refractivity contribution in [2.45, 2.75) is 83.0 Å². The highest BCUT2D eigenvalue weighted by molar-refractivity contribution is 5.33. The Kier molecular flexibility index (Phi) is 6.08. The molecule has 3 rings (SSSR count). The minimum Gasteiger partial charge on any atom is -0.173 e. The Hall–Kier alpha value is -1.18. The summed E-state index contributed by atoms with van der Waals surface area (Å²) < 4.78 is 25.0. The normalized spacial score (nSPS) is 27.0. The van der Waals surface area contributed by atoms with E-state index in [2.05, 4.69) is 31.2 Å². The van der Waals surface area contributed by atoms with Crippen molar-refractivity contribution in [2.75, 3.05) is 0 Å². The van der Waals surface area contributed by atoms with Gasteiger partial charge in [0.05, 0.1) is 0 Å². The second-order valence-corrected chi connectivity index (χ2v) is 7.85. The summed E-state index contributed by atoms with van der Waals surface area (Å²) >= 11 is 0. The van der Waals surface area contributed by atoms with Crippen LogP contribution in [0.5, 0.6) is 0 Å². The molecule has 2 heteroatoms. The highest BCUT2D eigenvalue weighted by atomic mass is 19.3. The molecule has 0 amide bonds. The van der Waals surface area contributed by atoms with Gasteiger partial charge in [-0.1, -0.05) is 56.9 Å². The molecule has 24 heavy (non-hydrogen) atoms. The fourth-order valence-electron chi connectivity index (χ4n) is 4.43. The lowest BCUT2D eigenvalue weighted by molar-refractivity contribution is 0.302. The molecule has 0 spiro atoms. The van der Waals surface area contributed by atoms with Gasteiger partial charge in [0, 0.05) is 0 Å². The summed E-state index contributed by atoms with van der Waals surface area (Å²) in [5.41, 5.74) is 3.04. The van der Waals surface area contributed by atoms with E-state index in [0.717, 1.165) is 5.92 Å². The fourth-order valence-corrected chi connectivity index (χ4v) is 4.43. The van der Waals surface area contributed by atoms with Gasteiger partial charge < -0.3 is 0 Å². The molecule has 0 atom stereocenters. The van der Waals surface area contributed by atoms with Crippen LogP contribution in [0.2, 0.25) is 0 Å². The zero-order valence-electron chi connectivity index (χ0n) is 14.9. The van der Waals surface area contributed by atoms with Crippen molar-refractivity contribution in [1.82, 2.24) is 0 Å². The van der Waals surface area contributed by atoms with Crippen molar-refractivity contribution >= 4 is 0 Å². The Morgan fingerprint density at radius 3 is 2.00 bits per heavy atom. The number of unbranched alkanes of at least 4 members (excludes halogenated alkanes) is 2. The standard InChI is InChI=1S/C22H30F2/c1-2-3-4-5-16-6-8-17(9-7-16)18-10-12-19(13-11-18)20-14-21(15-20)22(23)24/h10-13,16-17,20H,2-9,14-15H2,1H3/t16-,17-. The Balaban J connectivity index is 1.48. The van der Waals surface area contributed by atoms with E-state index in [4.69, 9.17) is 0 Å². The molecular weight excluding hydrogens is 302 g/mol. The summed E-state index contributed by atoms with van der Waals surface area (Å²) in [4.78, 5) is 0. The van der Waals surface area contributed by atoms with E-state index < -0.39 is 6.08 Å². The minimum atomic E-state index is -1.46. The molecule has 0 aliphatic heterocycles. The van der Waals surface area contributed by atoms with Crippen molar-refractivity contribution in [1.29, 1.82) is 0 Å². The lowest BCUT2D eigenvalue weighted by Crippen LogP contribution is -2.15. The summed E-state index contributed by atoms with van der Waals surface area (Å²) in [6, 6.07) is 8.87. The van der Waals surface area contributed by atoms with Crippen molar-refractivity contribution in [3.63, 3.8) is 0 Å². The van der Waals surface area contributed by atoms with Gasteiger partial charge in [0.2, 0.25) is 0 Å². The maximum Gasteiger partial charge on any atom is 0.269 e. The van der Waals surface area contributed by atoms with Gasteiger partial charge in [-0.2, -0.15) is 8.78 Å². The Morgan fingerprint density at radius 2 is 1.46 bits per heavy atom. The Labute approximate surface area is 145 Å². The molecule has 0 bridgehead atoms. The lowest BCUT2D eigenvalue weighted by Gasteiger charge is -2.30. The Bertz CT molecular complexity index is 538. The first-order valence-electron chi connectivity index (χ1n) is 9.80. The predicted octanol–water partition coefficient (Wildman–Crippen LogP) is 7.57. The van der Waals surface area contributed by atoms with Gasteiger partial charge >= 0.3 is 0 Å². The maximum absolute atomic E-state index is 12.5. The summed E-state index contributed by atoms with van der Waals surface area (Å²) in [6.45, 7) is 2.27. The van der Waals surface area contributed by atoms with Gasteiger partial charge in [-0.3, -0.25) is 0 Å². The van der Waals surface area contributed by atoms with Crippen molar-refractivity contribution in [2.24, 2.45) is 5.92 Å². The first kappa shape index (κ1) is 17.6. The van der Waals surface area contributed by atoms with E-state index in [1.165, 1.54) is 62.5 Å². The van der Waals surface area contributed by atoms with Gasteiger partial charge in [-0.05, 0) is 73.0 Å². The fraction of sp³-hybridized carbons (Fsp3) is 0.636. The molecule has 2 saturated carbocycles. The van der Waals surface area contributed by atoms with E-state index in [1.807, 2.05) is 0 Å². The number of halogens is 2. The molecule has 2 aliphatic carbocycles. The first-order valence-corrected chi connectivity index (χ1v) is 9.80. The summed E-state index contributed by atoms with van der Waals surface area (Å²) in [7, 11) is 0. The predicted molar refractivity (Wildman–Crippen MR) is 96.5 cm³/mol. The van der Waals surface area contributed by atoms with Crippen LogP contribution in [-0.4, -0.2) is 0 Å². The van der Waals surface area contributed by atoms with Gasteiger partial charge in [0.25, 0.3) is 6.08 Å². The third kappa shape index (κ3) is 4.26. The van der Waals surface area contributed by atoms with E-state index in [1.54, 1.807) is 0 Å². The number of rotatable bonds is 6.